The maximum atomic E-state index is 12.2. The molecule has 112 valence electrons. The van der Waals surface area contributed by atoms with Gasteiger partial charge in [-0.25, -0.2) is 0 Å². The third-order valence-electron chi connectivity index (χ3n) is 4.04. The minimum Gasteiger partial charge on any atom is -0.346 e. The second-order valence-electron chi connectivity index (χ2n) is 5.67. The zero-order chi connectivity index (χ0) is 14.7. The maximum Gasteiger partial charge on any atom is 0.220 e. The molecule has 1 amide bonds. The van der Waals surface area contributed by atoms with Crippen molar-refractivity contribution < 1.29 is 4.79 Å². The molecule has 0 aliphatic carbocycles. The van der Waals surface area contributed by atoms with Crippen LogP contribution < -0.4 is 10.6 Å². The first kappa shape index (κ1) is 14.0. The van der Waals surface area contributed by atoms with Gasteiger partial charge in [0.1, 0.15) is 0 Å². The van der Waals surface area contributed by atoms with Crippen molar-refractivity contribution in [2.75, 3.05) is 13.1 Å². The molecule has 1 aliphatic rings. The first-order valence-corrected chi connectivity index (χ1v) is 7.54. The Hall–Kier alpha value is -1.95. The first-order valence-electron chi connectivity index (χ1n) is 7.54. The standard InChI is InChI=1S/C15H21N5O/c1-11(15-19-18-13-4-2-3-9-20(13)15)17-14(21)10-12-5-7-16-8-6-12/h2-4,9,11-12,16H,5-8,10H2,1H3,(H,17,21). The van der Waals surface area contributed by atoms with E-state index in [1.54, 1.807) is 0 Å². The molecule has 1 atom stereocenters. The summed E-state index contributed by atoms with van der Waals surface area (Å²) in [4.78, 5) is 12.2. The number of amides is 1. The quantitative estimate of drug-likeness (QED) is 0.889. The van der Waals surface area contributed by atoms with Gasteiger partial charge in [-0.1, -0.05) is 6.07 Å². The zero-order valence-corrected chi connectivity index (χ0v) is 12.2. The van der Waals surface area contributed by atoms with E-state index < -0.39 is 0 Å². The number of piperidine rings is 1. The fourth-order valence-corrected chi connectivity index (χ4v) is 2.87. The normalized spacial score (nSPS) is 17.8. The van der Waals surface area contributed by atoms with E-state index in [0.29, 0.717) is 12.3 Å². The Kier molecular flexibility index (Phi) is 4.15. The van der Waals surface area contributed by atoms with Crippen LogP contribution in [-0.4, -0.2) is 33.6 Å². The van der Waals surface area contributed by atoms with Gasteiger partial charge < -0.3 is 10.6 Å². The zero-order valence-electron chi connectivity index (χ0n) is 12.2. The largest absolute Gasteiger partial charge is 0.346 e. The molecule has 0 aromatic carbocycles. The van der Waals surface area contributed by atoms with Gasteiger partial charge in [0.05, 0.1) is 6.04 Å². The predicted octanol–water partition coefficient (Wildman–Crippen LogP) is 1.30. The smallest absolute Gasteiger partial charge is 0.220 e. The van der Waals surface area contributed by atoms with Gasteiger partial charge in [0.2, 0.25) is 5.91 Å². The second kappa shape index (κ2) is 6.22. The Morgan fingerprint density at radius 3 is 3.05 bits per heavy atom. The summed E-state index contributed by atoms with van der Waals surface area (Å²) in [5, 5.41) is 14.7. The molecule has 21 heavy (non-hydrogen) atoms. The Morgan fingerprint density at radius 2 is 2.24 bits per heavy atom. The summed E-state index contributed by atoms with van der Waals surface area (Å²) in [5.41, 5.74) is 0.798. The summed E-state index contributed by atoms with van der Waals surface area (Å²) in [6, 6.07) is 5.62. The fourth-order valence-electron chi connectivity index (χ4n) is 2.87. The molecule has 0 bridgehead atoms. The van der Waals surface area contributed by atoms with Crippen molar-refractivity contribution in [1.82, 2.24) is 25.2 Å². The number of carbonyl (C=O) groups excluding carboxylic acids is 1. The third kappa shape index (κ3) is 3.21. The predicted molar refractivity (Wildman–Crippen MR) is 79.8 cm³/mol. The van der Waals surface area contributed by atoms with Crippen molar-refractivity contribution in [3.8, 4) is 0 Å². The molecule has 3 heterocycles. The van der Waals surface area contributed by atoms with Gasteiger partial charge in [-0.15, -0.1) is 10.2 Å². The molecule has 0 radical (unpaired) electrons. The summed E-state index contributed by atoms with van der Waals surface area (Å²) >= 11 is 0. The molecule has 3 rings (SSSR count). The highest BCUT2D eigenvalue weighted by molar-refractivity contribution is 5.76. The number of carbonyl (C=O) groups is 1. The molecule has 2 aromatic rings. The Bertz CT molecular complexity index is 617. The minimum atomic E-state index is -0.142. The van der Waals surface area contributed by atoms with Crippen LogP contribution in [0.25, 0.3) is 5.65 Å². The Morgan fingerprint density at radius 1 is 1.43 bits per heavy atom. The van der Waals surface area contributed by atoms with E-state index in [0.717, 1.165) is 37.4 Å². The molecule has 0 saturated carbocycles. The van der Waals surface area contributed by atoms with E-state index in [-0.39, 0.29) is 11.9 Å². The van der Waals surface area contributed by atoms with E-state index >= 15 is 0 Å². The number of hydrogen-bond acceptors (Lipinski definition) is 4. The lowest BCUT2D eigenvalue weighted by Crippen LogP contribution is -2.33. The topological polar surface area (TPSA) is 71.3 Å². The number of fused-ring (bicyclic) bond motifs is 1. The van der Waals surface area contributed by atoms with Crippen LogP contribution in [0.15, 0.2) is 24.4 Å². The van der Waals surface area contributed by atoms with Crippen molar-refractivity contribution in [1.29, 1.82) is 0 Å². The lowest BCUT2D eigenvalue weighted by molar-refractivity contribution is -0.122. The molecule has 1 saturated heterocycles. The average molecular weight is 287 g/mol. The van der Waals surface area contributed by atoms with Gasteiger partial charge in [0.15, 0.2) is 11.5 Å². The van der Waals surface area contributed by atoms with Crippen LogP contribution in [0.3, 0.4) is 0 Å². The molecular weight excluding hydrogens is 266 g/mol. The van der Waals surface area contributed by atoms with Gasteiger partial charge in [-0.05, 0) is 50.9 Å². The van der Waals surface area contributed by atoms with Crippen molar-refractivity contribution in [2.45, 2.75) is 32.2 Å². The van der Waals surface area contributed by atoms with Crippen LogP contribution in [0.5, 0.6) is 0 Å². The Labute approximate surface area is 123 Å². The Balaban J connectivity index is 1.62. The lowest BCUT2D eigenvalue weighted by Gasteiger charge is -2.22. The first-order chi connectivity index (χ1) is 10.2. The van der Waals surface area contributed by atoms with Gasteiger partial charge >= 0.3 is 0 Å². The maximum absolute atomic E-state index is 12.2. The van der Waals surface area contributed by atoms with Gasteiger partial charge in [-0.2, -0.15) is 0 Å². The van der Waals surface area contributed by atoms with Crippen molar-refractivity contribution in [3.63, 3.8) is 0 Å². The van der Waals surface area contributed by atoms with E-state index in [9.17, 15) is 4.79 Å². The molecule has 2 N–H and O–H groups in total. The lowest BCUT2D eigenvalue weighted by atomic mass is 9.94. The summed E-state index contributed by atoms with van der Waals surface area (Å²) in [6.07, 6.45) is 4.67. The monoisotopic (exact) mass is 287 g/mol. The molecule has 1 fully saturated rings. The average Bonchev–Trinajstić information content (AvgIpc) is 2.92. The molecular formula is C15H21N5O. The highest BCUT2D eigenvalue weighted by Gasteiger charge is 2.20. The van der Waals surface area contributed by atoms with Crippen LogP contribution in [0.2, 0.25) is 0 Å². The number of pyridine rings is 1. The van der Waals surface area contributed by atoms with Crippen LogP contribution in [0.1, 0.15) is 38.1 Å². The van der Waals surface area contributed by atoms with Gasteiger partial charge in [0.25, 0.3) is 0 Å². The second-order valence-corrected chi connectivity index (χ2v) is 5.67. The van der Waals surface area contributed by atoms with Gasteiger partial charge in [-0.3, -0.25) is 9.20 Å². The van der Waals surface area contributed by atoms with E-state index in [1.807, 2.05) is 35.7 Å². The molecule has 2 aromatic heterocycles. The van der Waals surface area contributed by atoms with E-state index in [4.69, 9.17) is 0 Å². The fraction of sp³-hybridized carbons (Fsp3) is 0.533. The number of aromatic nitrogens is 3. The molecule has 1 unspecified atom stereocenters. The van der Waals surface area contributed by atoms with Crippen LogP contribution >= 0.6 is 0 Å². The molecule has 6 heteroatoms. The third-order valence-corrected chi connectivity index (χ3v) is 4.04. The molecule has 0 spiro atoms. The van der Waals surface area contributed by atoms with E-state index in [2.05, 4.69) is 20.8 Å². The van der Waals surface area contributed by atoms with Gasteiger partial charge in [0, 0.05) is 12.6 Å². The SMILES string of the molecule is CC(NC(=O)CC1CCNCC1)c1nnc2ccccn12. The van der Waals surface area contributed by atoms with Crippen molar-refractivity contribution in [2.24, 2.45) is 5.92 Å². The summed E-state index contributed by atoms with van der Waals surface area (Å²) in [7, 11) is 0. The number of rotatable bonds is 4. The molecule has 6 nitrogen and oxygen atoms in total. The van der Waals surface area contributed by atoms with Crippen LogP contribution in [0.4, 0.5) is 0 Å². The van der Waals surface area contributed by atoms with Crippen LogP contribution in [0, 0.1) is 5.92 Å². The summed E-state index contributed by atoms with van der Waals surface area (Å²) in [5.74, 6) is 1.36. The highest BCUT2D eigenvalue weighted by Crippen LogP contribution is 2.17. The number of nitrogens with zero attached hydrogens (tertiary/aromatic N) is 3. The highest BCUT2D eigenvalue weighted by atomic mass is 16.1. The van der Waals surface area contributed by atoms with Crippen molar-refractivity contribution >= 4 is 11.6 Å². The summed E-state index contributed by atoms with van der Waals surface area (Å²) in [6.45, 7) is 3.98. The van der Waals surface area contributed by atoms with E-state index in [1.165, 1.54) is 0 Å². The van der Waals surface area contributed by atoms with Crippen LogP contribution in [-0.2, 0) is 4.79 Å². The van der Waals surface area contributed by atoms with Crippen molar-refractivity contribution in [3.05, 3.63) is 30.2 Å². The molecule has 1 aliphatic heterocycles. The number of hydrogen-bond donors (Lipinski definition) is 2. The number of nitrogens with one attached hydrogen (secondary N) is 2. The minimum absolute atomic E-state index is 0.0991. The summed E-state index contributed by atoms with van der Waals surface area (Å²) < 4.78 is 1.91.